The monoisotopic (exact) mass is 236 g/mol. The predicted octanol–water partition coefficient (Wildman–Crippen LogP) is 3.00. The van der Waals surface area contributed by atoms with Crippen LogP contribution in [0.5, 0.6) is 0 Å². The number of anilines is 1. The zero-order chi connectivity index (χ0) is 11.4. The molecule has 2 aromatic rings. The van der Waals surface area contributed by atoms with Crippen molar-refractivity contribution < 1.29 is 4.39 Å². The first-order valence-electron chi connectivity index (χ1n) is 5.05. The quantitative estimate of drug-likeness (QED) is 0.856. The van der Waals surface area contributed by atoms with Gasteiger partial charge in [-0.25, -0.2) is 4.39 Å². The lowest BCUT2D eigenvalue weighted by molar-refractivity contribution is 0.627. The van der Waals surface area contributed by atoms with Gasteiger partial charge in [-0.05, 0) is 29.6 Å². The summed E-state index contributed by atoms with van der Waals surface area (Å²) in [6, 6.07) is 10.5. The van der Waals surface area contributed by atoms with Gasteiger partial charge in [0.2, 0.25) is 0 Å². The average Bonchev–Trinajstić information content (AvgIpc) is 2.79. The first kappa shape index (κ1) is 11.1. The summed E-state index contributed by atoms with van der Waals surface area (Å²) in [4.78, 5) is 1.16. The molecule has 0 aliphatic heterocycles. The van der Waals surface area contributed by atoms with E-state index in [9.17, 15) is 4.39 Å². The Hall–Kier alpha value is -1.39. The van der Waals surface area contributed by atoms with Crippen molar-refractivity contribution in [1.82, 2.24) is 0 Å². The molecule has 0 bridgehead atoms. The summed E-state index contributed by atoms with van der Waals surface area (Å²) in [5.41, 5.74) is 6.45. The Kier molecular flexibility index (Phi) is 3.54. The second-order valence-electron chi connectivity index (χ2n) is 3.46. The molecular formula is C12H13FN2S. The zero-order valence-electron chi connectivity index (χ0n) is 8.69. The van der Waals surface area contributed by atoms with Gasteiger partial charge in [0, 0.05) is 17.1 Å². The highest BCUT2D eigenvalue weighted by atomic mass is 32.1. The van der Waals surface area contributed by atoms with Gasteiger partial charge >= 0.3 is 0 Å². The van der Waals surface area contributed by atoms with Gasteiger partial charge in [-0.2, -0.15) is 0 Å². The van der Waals surface area contributed by atoms with Crippen molar-refractivity contribution in [3.8, 4) is 0 Å². The second-order valence-corrected chi connectivity index (χ2v) is 4.44. The molecule has 1 unspecified atom stereocenters. The van der Waals surface area contributed by atoms with Gasteiger partial charge in [0.25, 0.3) is 0 Å². The number of hydrogen-bond donors (Lipinski definition) is 2. The molecule has 0 radical (unpaired) electrons. The lowest BCUT2D eigenvalue weighted by Gasteiger charge is -2.16. The van der Waals surface area contributed by atoms with Crippen molar-refractivity contribution in [3.63, 3.8) is 0 Å². The maximum atomic E-state index is 13.0. The Bertz CT molecular complexity index is 442. The van der Waals surface area contributed by atoms with Gasteiger partial charge in [-0.15, -0.1) is 11.3 Å². The number of hydrogen-bond acceptors (Lipinski definition) is 3. The standard InChI is InChI=1S/C12H13FN2S/c13-9-3-1-4-10(7-9)15-11(8-14)12-5-2-6-16-12/h1-7,11,15H,8,14H2. The van der Waals surface area contributed by atoms with Crippen LogP contribution in [0.3, 0.4) is 0 Å². The van der Waals surface area contributed by atoms with E-state index in [1.807, 2.05) is 23.6 Å². The fraction of sp³-hybridized carbons (Fsp3) is 0.167. The van der Waals surface area contributed by atoms with Crippen molar-refractivity contribution in [1.29, 1.82) is 0 Å². The zero-order valence-corrected chi connectivity index (χ0v) is 9.51. The second kappa shape index (κ2) is 5.09. The average molecular weight is 236 g/mol. The number of rotatable bonds is 4. The van der Waals surface area contributed by atoms with Crippen LogP contribution >= 0.6 is 11.3 Å². The Morgan fingerprint density at radius 2 is 2.19 bits per heavy atom. The topological polar surface area (TPSA) is 38.0 Å². The molecule has 0 fully saturated rings. The van der Waals surface area contributed by atoms with Gasteiger partial charge in [0.1, 0.15) is 5.82 Å². The summed E-state index contributed by atoms with van der Waals surface area (Å²) >= 11 is 1.64. The predicted molar refractivity (Wildman–Crippen MR) is 66.1 cm³/mol. The Balaban J connectivity index is 2.13. The van der Waals surface area contributed by atoms with E-state index in [0.29, 0.717) is 6.54 Å². The van der Waals surface area contributed by atoms with E-state index < -0.39 is 0 Å². The maximum absolute atomic E-state index is 13.0. The molecule has 1 heterocycles. The molecule has 1 atom stereocenters. The SMILES string of the molecule is NCC(Nc1cccc(F)c1)c1cccs1. The van der Waals surface area contributed by atoms with Crippen molar-refractivity contribution in [2.45, 2.75) is 6.04 Å². The smallest absolute Gasteiger partial charge is 0.125 e. The van der Waals surface area contributed by atoms with E-state index in [1.54, 1.807) is 17.4 Å². The van der Waals surface area contributed by atoms with Crippen molar-refractivity contribution in [3.05, 3.63) is 52.5 Å². The molecule has 0 aliphatic rings. The van der Waals surface area contributed by atoms with E-state index in [4.69, 9.17) is 5.73 Å². The highest BCUT2D eigenvalue weighted by Crippen LogP contribution is 2.22. The number of nitrogens with two attached hydrogens (primary N) is 1. The van der Waals surface area contributed by atoms with E-state index in [2.05, 4.69) is 5.32 Å². The fourth-order valence-corrected chi connectivity index (χ4v) is 2.31. The maximum Gasteiger partial charge on any atom is 0.125 e. The van der Waals surface area contributed by atoms with Crippen LogP contribution in [-0.4, -0.2) is 6.54 Å². The van der Waals surface area contributed by atoms with Crippen LogP contribution in [-0.2, 0) is 0 Å². The normalized spacial score (nSPS) is 12.4. The summed E-state index contributed by atoms with van der Waals surface area (Å²) < 4.78 is 13.0. The minimum absolute atomic E-state index is 0.0433. The molecule has 1 aromatic carbocycles. The van der Waals surface area contributed by atoms with Gasteiger partial charge < -0.3 is 11.1 Å². The van der Waals surface area contributed by atoms with Crippen LogP contribution in [0.25, 0.3) is 0 Å². The minimum atomic E-state index is -0.244. The molecule has 1 aromatic heterocycles. The van der Waals surface area contributed by atoms with Crippen LogP contribution in [0, 0.1) is 5.82 Å². The molecule has 0 saturated carbocycles. The summed E-state index contributed by atoms with van der Waals surface area (Å²) in [6.45, 7) is 0.483. The fourth-order valence-electron chi connectivity index (χ4n) is 1.52. The molecule has 3 N–H and O–H groups in total. The highest BCUT2D eigenvalue weighted by molar-refractivity contribution is 7.10. The summed E-state index contributed by atoms with van der Waals surface area (Å²) in [7, 11) is 0. The molecule has 0 spiro atoms. The third-order valence-corrected chi connectivity index (χ3v) is 3.27. The van der Waals surface area contributed by atoms with Crippen LogP contribution < -0.4 is 11.1 Å². The molecule has 84 valence electrons. The molecule has 2 rings (SSSR count). The van der Waals surface area contributed by atoms with Crippen LogP contribution in [0.2, 0.25) is 0 Å². The number of benzene rings is 1. The van der Waals surface area contributed by atoms with E-state index >= 15 is 0 Å². The summed E-state index contributed by atoms with van der Waals surface area (Å²) in [5.74, 6) is -0.244. The highest BCUT2D eigenvalue weighted by Gasteiger charge is 2.10. The molecule has 0 aliphatic carbocycles. The number of halogens is 1. The number of nitrogens with one attached hydrogen (secondary N) is 1. The first-order chi connectivity index (χ1) is 7.79. The van der Waals surface area contributed by atoms with Crippen LogP contribution in [0.15, 0.2) is 41.8 Å². The molecule has 4 heteroatoms. The third kappa shape index (κ3) is 2.59. The van der Waals surface area contributed by atoms with Gasteiger partial charge in [0.15, 0.2) is 0 Å². The Morgan fingerprint density at radius 1 is 1.31 bits per heavy atom. The molecule has 0 amide bonds. The van der Waals surface area contributed by atoms with Gasteiger partial charge in [-0.3, -0.25) is 0 Å². The van der Waals surface area contributed by atoms with Gasteiger partial charge in [-0.1, -0.05) is 12.1 Å². The summed E-state index contributed by atoms with van der Waals surface area (Å²) in [6.07, 6.45) is 0. The van der Waals surface area contributed by atoms with E-state index in [-0.39, 0.29) is 11.9 Å². The first-order valence-corrected chi connectivity index (χ1v) is 5.93. The van der Waals surface area contributed by atoms with E-state index in [1.165, 1.54) is 12.1 Å². The van der Waals surface area contributed by atoms with Gasteiger partial charge in [0.05, 0.1) is 6.04 Å². The largest absolute Gasteiger partial charge is 0.376 e. The molecule has 2 nitrogen and oxygen atoms in total. The Labute approximate surface area is 97.9 Å². The minimum Gasteiger partial charge on any atom is -0.376 e. The van der Waals surface area contributed by atoms with E-state index in [0.717, 1.165) is 10.6 Å². The number of thiophene rings is 1. The lowest BCUT2D eigenvalue weighted by atomic mass is 10.2. The van der Waals surface area contributed by atoms with Crippen molar-refractivity contribution in [2.75, 3.05) is 11.9 Å². The lowest BCUT2D eigenvalue weighted by Crippen LogP contribution is -2.19. The van der Waals surface area contributed by atoms with Crippen LogP contribution in [0.4, 0.5) is 10.1 Å². The van der Waals surface area contributed by atoms with Crippen molar-refractivity contribution >= 4 is 17.0 Å². The molecule has 0 saturated heterocycles. The molecule has 16 heavy (non-hydrogen) atoms. The molecular weight excluding hydrogens is 223 g/mol. The third-order valence-electron chi connectivity index (χ3n) is 2.29. The van der Waals surface area contributed by atoms with Crippen molar-refractivity contribution in [2.24, 2.45) is 5.73 Å². The Morgan fingerprint density at radius 3 is 2.81 bits per heavy atom. The summed E-state index contributed by atoms with van der Waals surface area (Å²) in [5, 5.41) is 5.22. The van der Waals surface area contributed by atoms with Crippen LogP contribution in [0.1, 0.15) is 10.9 Å².